The first-order valence-electron chi connectivity index (χ1n) is 14.2. The van der Waals surface area contributed by atoms with E-state index in [1.54, 1.807) is 39.6 Å². The van der Waals surface area contributed by atoms with Crippen LogP contribution < -0.4 is 21.4 Å². The molecule has 1 aliphatic carbocycles. The number of carbonyl (C=O) groups is 1. The Morgan fingerprint density at radius 1 is 1.23 bits per heavy atom. The predicted octanol–water partition coefficient (Wildman–Crippen LogP) is 3.73. The summed E-state index contributed by atoms with van der Waals surface area (Å²) in [7, 11) is 5.00. The lowest BCUT2D eigenvalue weighted by molar-refractivity contribution is 0.0695. The minimum absolute atomic E-state index is 0.106. The third kappa shape index (κ3) is 4.00. The van der Waals surface area contributed by atoms with E-state index in [4.69, 9.17) is 10.7 Å². The number of hydrogen-bond acceptors (Lipinski definition) is 8. The number of benzene rings is 1. The number of H-pyrrole nitrogens is 1. The van der Waals surface area contributed by atoms with Crippen LogP contribution in [0.3, 0.4) is 0 Å². The minimum atomic E-state index is -1.30. The van der Waals surface area contributed by atoms with Crippen molar-refractivity contribution >= 4 is 56.5 Å². The van der Waals surface area contributed by atoms with Gasteiger partial charge in [-0.25, -0.2) is 19.2 Å². The number of nitrogens with zero attached hydrogens (tertiary/aromatic N) is 5. The summed E-state index contributed by atoms with van der Waals surface area (Å²) >= 11 is 0. The number of nitrogens with one attached hydrogen (secondary N) is 2. The second-order valence-electron chi connectivity index (χ2n) is 11.5. The largest absolute Gasteiger partial charge is 0.477 e. The van der Waals surface area contributed by atoms with Crippen LogP contribution in [0.4, 0.5) is 15.8 Å². The molecule has 3 atom stereocenters. The Hall–Kier alpha value is -4.84. The first-order chi connectivity index (χ1) is 20.7. The van der Waals surface area contributed by atoms with Crippen LogP contribution in [0.5, 0.6) is 0 Å². The van der Waals surface area contributed by atoms with Crippen molar-refractivity contribution in [1.82, 2.24) is 19.5 Å². The Kier molecular flexibility index (Phi) is 6.20. The average molecular weight is 583 g/mol. The number of carboxylic acids is 1. The molecule has 1 aromatic carbocycles. The molecule has 11 nitrogen and oxygen atoms in total. The van der Waals surface area contributed by atoms with E-state index in [0.717, 1.165) is 37.0 Å². The number of anilines is 2. The molecule has 0 radical (unpaired) electrons. The summed E-state index contributed by atoms with van der Waals surface area (Å²) in [6, 6.07) is 3.22. The highest BCUT2D eigenvalue weighted by atomic mass is 19.1. The molecular weight excluding hydrogens is 551 g/mol. The van der Waals surface area contributed by atoms with Gasteiger partial charge in [0, 0.05) is 87.2 Å². The van der Waals surface area contributed by atoms with Gasteiger partial charge < -0.3 is 30.6 Å². The molecule has 5 aromatic rings. The second-order valence-corrected chi connectivity index (χ2v) is 11.5. The van der Waals surface area contributed by atoms with Gasteiger partial charge in [0.25, 0.3) is 0 Å². The summed E-state index contributed by atoms with van der Waals surface area (Å²) in [4.78, 5) is 44.3. The van der Waals surface area contributed by atoms with Crippen molar-refractivity contribution in [2.24, 2.45) is 29.6 Å². The SMILES string of the molecule is CN=Cc1c(F)cc(NC)c2[nH]c3ncc(-c4cnc5c(c4)c(=O)c(C(=O)O)cn5C)c(N4C[C@@H]5CC[C@H](N)[C@@H]5C4)c3c12. The lowest BCUT2D eigenvalue weighted by atomic mass is 9.98. The summed E-state index contributed by atoms with van der Waals surface area (Å²) in [6.45, 7) is 1.50. The van der Waals surface area contributed by atoms with Gasteiger partial charge in [0.15, 0.2) is 0 Å². The number of pyridine rings is 3. The van der Waals surface area contributed by atoms with Gasteiger partial charge in [-0.2, -0.15) is 0 Å². The molecular formula is C31H31FN8O3. The number of fused-ring (bicyclic) bond motifs is 5. The number of nitrogens with two attached hydrogens (primary N) is 1. The number of rotatable bonds is 5. The van der Waals surface area contributed by atoms with Crippen LogP contribution in [0, 0.1) is 17.7 Å². The first-order valence-corrected chi connectivity index (χ1v) is 14.2. The van der Waals surface area contributed by atoms with E-state index in [0.29, 0.717) is 56.4 Å². The van der Waals surface area contributed by atoms with Crippen molar-refractivity contribution in [3.63, 3.8) is 0 Å². The van der Waals surface area contributed by atoms with Gasteiger partial charge in [-0.1, -0.05) is 0 Å². The molecule has 2 fully saturated rings. The Bertz CT molecular complexity index is 2070. The zero-order valence-corrected chi connectivity index (χ0v) is 24.0. The number of carboxylic acid groups (broad SMARTS) is 1. The van der Waals surface area contributed by atoms with Crippen LogP contribution in [0.2, 0.25) is 0 Å². The lowest BCUT2D eigenvalue weighted by Gasteiger charge is -2.25. The summed E-state index contributed by atoms with van der Waals surface area (Å²) in [5, 5.41) is 14.3. The molecule has 1 saturated carbocycles. The van der Waals surface area contributed by atoms with E-state index < -0.39 is 17.2 Å². The summed E-state index contributed by atoms with van der Waals surface area (Å²) in [6.07, 6.45) is 8.23. The van der Waals surface area contributed by atoms with Crippen molar-refractivity contribution in [2.45, 2.75) is 18.9 Å². The molecule has 1 aliphatic heterocycles. The highest BCUT2D eigenvalue weighted by Gasteiger charge is 2.42. The van der Waals surface area contributed by atoms with E-state index >= 15 is 4.39 Å². The van der Waals surface area contributed by atoms with E-state index in [9.17, 15) is 14.7 Å². The van der Waals surface area contributed by atoms with E-state index in [1.165, 1.54) is 23.0 Å². The van der Waals surface area contributed by atoms with Gasteiger partial charge in [0.05, 0.1) is 27.7 Å². The molecule has 0 spiro atoms. The zero-order chi connectivity index (χ0) is 30.2. The zero-order valence-electron chi connectivity index (χ0n) is 24.0. The number of aromatic carboxylic acids is 1. The standard InChI is InChI=1S/C31H31FN8O3/c1-34-9-18-21(32)7-23(35-2)26-24(18)25-27(40-11-14-4-5-22(33)19(14)13-40)17(10-36-29(25)38-26)15-6-16-28(41)20(31(42)43)12-39(3)30(16)37-8-15/h6-10,12,14,19,22,35H,4-5,11,13,33H2,1-3H3,(H,36,38)(H,42,43)/t14-,19+,22-/m0/s1. The maximum atomic E-state index is 15.6. The van der Waals surface area contributed by atoms with Crippen LogP contribution in [0.1, 0.15) is 28.8 Å². The third-order valence-electron chi connectivity index (χ3n) is 9.17. The maximum absolute atomic E-state index is 15.6. The molecule has 0 bridgehead atoms. The van der Waals surface area contributed by atoms with Gasteiger partial charge in [-0.05, 0) is 36.8 Å². The van der Waals surface area contributed by atoms with Crippen LogP contribution in [0.25, 0.3) is 44.1 Å². The lowest BCUT2D eigenvalue weighted by Crippen LogP contribution is -2.30. The fourth-order valence-electron chi connectivity index (χ4n) is 7.15. The molecule has 0 amide bonds. The minimum Gasteiger partial charge on any atom is -0.477 e. The predicted molar refractivity (Wildman–Crippen MR) is 166 cm³/mol. The molecule has 43 heavy (non-hydrogen) atoms. The van der Waals surface area contributed by atoms with E-state index in [2.05, 4.69) is 25.2 Å². The fraction of sp³-hybridized carbons (Fsp3) is 0.323. The smallest absolute Gasteiger partial charge is 0.341 e. The topological polar surface area (TPSA) is 155 Å². The number of aromatic amines is 1. The normalized spacial score (nSPS) is 20.2. The van der Waals surface area contributed by atoms with Crippen LogP contribution in [-0.4, -0.2) is 70.0 Å². The van der Waals surface area contributed by atoms with Crippen LogP contribution in [-0.2, 0) is 7.05 Å². The van der Waals surface area contributed by atoms with Crippen molar-refractivity contribution in [2.75, 3.05) is 37.4 Å². The summed E-state index contributed by atoms with van der Waals surface area (Å²) in [5.41, 5.74) is 10.3. The van der Waals surface area contributed by atoms with Crippen LogP contribution in [0.15, 0.2) is 40.5 Å². The molecule has 0 unspecified atom stereocenters. The van der Waals surface area contributed by atoms with Gasteiger partial charge >= 0.3 is 5.97 Å². The highest BCUT2D eigenvalue weighted by Crippen LogP contribution is 2.47. The number of aromatic nitrogens is 4. The molecule has 2 aliphatic rings. The Balaban J connectivity index is 1.57. The van der Waals surface area contributed by atoms with Gasteiger partial charge in [0.1, 0.15) is 22.7 Å². The Labute approximate surface area is 245 Å². The van der Waals surface area contributed by atoms with E-state index in [1.807, 2.05) is 0 Å². The molecule has 7 rings (SSSR count). The summed E-state index contributed by atoms with van der Waals surface area (Å²) < 4.78 is 17.1. The van der Waals surface area contributed by atoms with Crippen molar-refractivity contribution < 1.29 is 14.3 Å². The van der Waals surface area contributed by atoms with Crippen LogP contribution >= 0.6 is 0 Å². The van der Waals surface area contributed by atoms with Gasteiger partial charge in [-0.3, -0.25) is 9.79 Å². The molecule has 1 saturated heterocycles. The monoisotopic (exact) mass is 582 g/mol. The second kappa shape index (κ2) is 9.87. The molecule has 220 valence electrons. The Morgan fingerprint density at radius 2 is 2.05 bits per heavy atom. The quantitative estimate of drug-likeness (QED) is 0.229. The van der Waals surface area contributed by atoms with Crippen molar-refractivity contribution in [3.8, 4) is 11.1 Å². The maximum Gasteiger partial charge on any atom is 0.341 e. The molecule has 4 aromatic heterocycles. The third-order valence-corrected chi connectivity index (χ3v) is 9.17. The molecule has 5 heterocycles. The number of hydrogen-bond donors (Lipinski definition) is 4. The van der Waals surface area contributed by atoms with E-state index in [-0.39, 0.29) is 17.0 Å². The Morgan fingerprint density at radius 3 is 2.77 bits per heavy atom. The molecule has 5 N–H and O–H groups in total. The number of aryl methyl sites for hydroxylation is 1. The number of halogens is 1. The first kappa shape index (κ1) is 27.0. The van der Waals surface area contributed by atoms with Crippen molar-refractivity contribution in [3.05, 3.63) is 57.9 Å². The van der Waals surface area contributed by atoms with Gasteiger partial charge in [-0.15, -0.1) is 0 Å². The van der Waals surface area contributed by atoms with Crippen molar-refractivity contribution in [1.29, 1.82) is 0 Å². The fourth-order valence-corrected chi connectivity index (χ4v) is 7.15. The highest BCUT2D eigenvalue weighted by molar-refractivity contribution is 6.22. The average Bonchev–Trinajstić information content (AvgIpc) is 3.69. The summed E-state index contributed by atoms with van der Waals surface area (Å²) in [5.74, 6) is -0.972. The van der Waals surface area contributed by atoms with Gasteiger partial charge in [0.2, 0.25) is 5.43 Å². The molecule has 12 heteroatoms. The number of aliphatic imine (C=N–C) groups is 1.